The van der Waals surface area contributed by atoms with Crippen molar-refractivity contribution < 1.29 is 0 Å². The van der Waals surface area contributed by atoms with Crippen molar-refractivity contribution in [3.63, 3.8) is 0 Å². The van der Waals surface area contributed by atoms with Crippen molar-refractivity contribution in [2.75, 3.05) is 32.1 Å². The zero-order valence-corrected chi connectivity index (χ0v) is 9.73. The van der Waals surface area contributed by atoms with E-state index >= 15 is 0 Å². The van der Waals surface area contributed by atoms with Gasteiger partial charge in [0.25, 0.3) is 0 Å². The predicted octanol–water partition coefficient (Wildman–Crippen LogP) is 2.04. The lowest BCUT2D eigenvalue weighted by Crippen LogP contribution is -2.27. The molecule has 0 amide bonds. The standard InChI is InChI=1S/C9H13Cl2N3/c1-12-3-4-14(2)9-8(11)5-7(10)6-13-9/h5-6,12H,3-4H2,1-2H3. The molecule has 0 aliphatic rings. The highest BCUT2D eigenvalue weighted by Crippen LogP contribution is 2.24. The molecule has 1 rings (SSSR count). The summed E-state index contributed by atoms with van der Waals surface area (Å²) in [6.07, 6.45) is 1.60. The Hall–Kier alpha value is -0.510. The first-order valence-corrected chi connectivity index (χ1v) is 5.07. The van der Waals surface area contributed by atoms with Gasteiger partial charge in [0.05, 0.1) is 10.0 Å². The molecular formula is C9H13Cl2N3. The third-order valence-corrected chi connectivity index (χ3v) is 2.33. The van der Waals surface area contributed by atoms with Crippen molar-refractivity contribution >= 4 is 29.0 Å². The molecule has 0 atom stereocenters. The van der Waals surface area contributed by atoms with E-state index in [1.165, 1.54) is 0 Å². The zero-order chi connectivity index (χ0) is 10.6. The predicted molar refractivity (Wildman–Crippen MR) is 61.5 cm³/mol. The number of halogens is 2. The monoisotopic (exact) mass is 233 g/mol. The smallest absolute Gasteiger partial charge is 0.147 e. The summed E-state index contributed by atoms with van der Waals surface area (Å²) in [6.45, 7) is 1.74. The van der Waals surface area contributed by atoms with Crippen LogP contribution in [0.2, 0.25) is 10.0 Å². The summed E-state index contributed by atoms with van der Waals surface area (Å²) in [6, 6.07) is 1.70. The molecule has 1 aromatic heterocycles. The van der Waals surface area contributed by atoms with Gasteiger partial charge in [0.1, 0.15) is 5.82 Å². The lowest BCUT2D eigenvalue weighted by molar-refractivity contribution is 0.761. The molecule has 1 heterocycles. The van der Waals surface area contributed by atoms with E-state index in [1.807, 2.05) is 19.0 Å². The zero-order valence-electron chi connectivity index (χ0n) is 8.22. The minimum atomic E-state index is 0.556. The lowest BCUT2D eigenvalue weighted by atomic mass is 10.4. The van der Waals surface area contributed by atoms with Crippen molar-refractivity contribution in [3.8, 4) is 0 Å². The molecule has 0 saturated carbocycles. The Labute approximate surface area is 94.0 Å². The second kappa shape index (κ2) is 5.39. The van der Waals surface area contributed by atoms with Crippen molar-refractivity contribution in [1.82, 2.24) is 10.3 Å². The molecule has 0 aliphatic carbocycles. The second-order valence-electron chi connectivity index (χ2n) is 2.98. The van der Waals surface area contributed by atoms with Crippen LogP contribution in [0.3, 0.4) is 0 Å². The van der Waals surface area contributed by atoms with Gasteiger partial charge in [-0.3, -0.25) is 0 Å². The van der Waals surface area contributed by atoms with E-state index < -0.39 is 0 Å². The third kappa shape index (κ3) is 3.01. The molecule has 0 unspecified atom stereocenters. The van der Waals surface area contributed by atoms with Gasteiger partial charge in [-0.15, -0.1) is 0 Å². The highest BCUT2D eigenvalue weighted by atomic mass is 35.5. The van der Waals surface area contributed by atoms with Crippen LogP contribution >= 0.6 is 23.2 Å². The average Bonchev–Trinajstić information content (AvgIpc) is 2.14. The molecule has 0 spiro atoms. The van der Waals surface area contributed by atoms with E-state index in [4.69, 9.17) is 23.2 Å². The SMILES string of the molecule is CNCCN(C)c1ncc(Cl)cc1Cl. The normalized spacial score (nSPS) is 10.3. The Morgan fingerprint density at radius 1 is 1.50 bits per heavy atom. The minimum Gasteiger partial charge on any atom is -0.357 e. The Morgan fingerprint density at radius 2 is 2.21 bits per heavy atom. The molecule has 14 heavy (non-hydrogen) atoms. The van der Waals surface area contributed by atoms with Crippen LogP contribution in [0.5, 0.6) is 0 Å². The van der Waals surface area contributed by atoms with Gasteiger partial charge in [-0.2, -0.15) is 0 Å². The molecular weight excluding hydrogens is 221 g/mol. The molecule has 5 heteroatoms. The van der Waals surface area contributed by atoms with E-state index in [0.717, 1.165) is 18.9 Å². The van der Waals surface area contributed by atoms with Gasteiger partial charge in [-0.05, 0) is 13.1 Å². The summed E-state index contributed by atoms with van der Waals surface area (Å²) in [7, 11) is 3.85. The summed E-state index contributed by atoms with van der Waals surface area (Å²) >= 11 is 11.7. The highest BCUT2D eigenvalue weighted by Gasteiger charge is 2.07. The summed E-state index contributed by atoms with van der Waals surface area (Å²) in [5, 5.41) is 4.20. The minimum absolute atomic E-state index is 0.556. The van der Waals surface area contributed by atoms with E-state index in [-0.39, 0.29) is 0 Å². The van der Waals surface area contributed by atoms with Gasteiger partial charge in [0, 0.05) is 26.3 Å². The fraction of sp³-hybridized carbons (Fsp3) is 0.444. The molecule has 0 saturated heterocycles. The number of anilines is 1. The molecule has 0 radical (unpaired) electrons. The molecule has 78 valence electrons. The lowest BCUT2D eigenvalue weighted by Gasteiger charge is -2.18. The highest BCUT2D eigenvalue weighted by molar-refractivity contribution is 6.35. The number of nitrogens with zero attached hydrogens (tertiary/aromatic N) is 2. The summed E-state index contributed by atoms with van der Waals surface area (Å²) in [5.41, 5.74) is 0. The van der Waals surface area contributed by atoms with Crippen LogP contribution in [-0.4, -0.2) is 32.2 Å². The number of hydrogen-bond acceptors (Lipinski definition) is 3. The maximum absolute atomic E-state index is 5.99. The van der Waals surface area contributed by atoms with Gasteiger partial charge in [0.15, 0.2) is 0 Å². The van der Waals surface area contributed by atoms with E-state index in [0.29, 0.717) is 10.0 Å². The number of hydrogen-bond donors (Lipinski definition) is 1. The van der Waals surface area contributed by atoms with Crippen LogP contribution in [0.15, 0.2) is 12.3 Å². The molecule has 0 fully saturated rings. The van der Waals surface area contributed by atoms with Gasteiger partial charge < -0.3 is 10.2 Å². The van der Waals surface area contributed by atoms with Crippen molar-refractivity contribution in [2.24, 2.45) is 0 Å². The first kappa shape index (κ1) is 11.6. The first-order chi connectivity index (χ1) is 6.65. The fourth-order valence-corrected chi connectivity index (χ4v) is 1.60. The topological polar surface area (TPSA) is 28.2 Å². The van der Waals surface area contributed by atoms with Crippen LogP contribution in [0.25, 0.3) is 0 Å². The number of likely N-dealkylation sites (N-methyl/N-ethyl adjacent to an activating group) is 2. The Bertz CT molecular complexity index is 304. The molecule has 0 bridgehead atoms. The average molecular weight is 234 g/mol. The Morgan fingerprint density at radius 3 is 2.79 bits per heavy atom. The summed E-state index contributed by atoms with van der Waals surface area (Å²) in [5.74, 6) is 0.756. The molecule has 3 nitrogen and oxygen atoms in total. The number of aromatic nitrogens is 1. The first-order valence-electron chi connectivity index (χ1n) is 4.32. The number of pyridine rings is 1. The van der Waals surface area contributed by atoms with Crippen molar-refractivity contribution in [3.05, 3.63) is 22.3 Å². The number of rotatable bonds is 4. The molecule has 1 aromatic rings. The van der Waals surface area contributed by atoms with E-state index in [9.17, 15) is 0 Å². The van der Waals surface area contributed by atoms with Gasteiger partial charge >= 0.3 is 0 Å². The second-order valence-corrected chi connectivity index (χ2v) is 3.83. The maximum Gasteiger partial charge on any atom is 0.147 e. The quantitative estimate of drug-likeness (QED) is 0.864. The maximum atomic E-state index is 5.99. The summed E-state index contributed by atoms with van der Waals surface area (Å²) in [4.78, 5) is 6.15. The van der Waals surface area contributed by atoms with Crippen LogP contribution in [-0.2, 0) is 0 Å². The van der Waals surface area contributed by atoms with E-state index in [2.05, 4.69) is 10.3 Å². The van der Waals surface area contributed by atoms with Crippen LogP contribution in [0.1, 0.15) is 0 Å². The third-order valence-electron chi connectivity index (χ3n) is 1.85. The molecule has 0 aromatic carbocycles. The van der Waals surface area contributed by atoms with Crippen molar-refractivity contribution in [2.45, 2.75) is 0 Å². The fourth-order valence-electron chi connectivity index (χ4n) is 1.07. The van der Waals surface area contributed by atoms with Crippen LogP contribution < -0.4 is 10.2 Å². The van der Waals surface area contributed by atoms with E-state index in [1.54, 1.807) is 12.3 Å². The van der Waals surface area contributed by atoms with Gasteiger partial charge in [-0.25, -0.2) is 4.98 Å². The van der Waals surface area contributed by atoms with Crippen LogP contribution in [0.4, 0.5) is 5.82 Å². The molecule has 0 aliphatic heterocycles. The van der Waals surface area contributed by atoms with Crippen molar-refractivity contribution in [1.29, 1.82) is 0 Å². The number of nitrogens with one attached hydrogen (secondary N) is 1. The largest absolute Gasteiger partial charge is 0.357 e. The Balaban J connectivity index is 2.74. The summed E-state index contributed by atoms with van der Waals surface area (Å²) < 4.78 is 0. The molecule has 1 N–H and O–H groups in total. The Kier molecular flexibility index (Phi) is 4.45. The van der Waals surface area contributed by atoms with Gasteiger partial charge in [0.2, 0.25) is 0 Å². The van der Waals surface area contributed by atoms with Crippen LogP contribution in [0, 0.1) is 0 Å². The van der Waals surface area contributed by atoms with Gasteiger partial charge in [-0.1, -0.05) is 23.2 Å².